The number of carbonyl (C=O) groups excluding carboxylic acids is 1. The van der Waals surface area contributed by atoms with Crippen LogP contribution < -0.4 is 5.32 Å². The highest BCUT2D eigenvalue weighted by Crippen LogP contribution is 2.23. The number of hydrogen-bond acceptors (Lipinski definition) is 7. The Morgan fingerprint density at radius 1 is 1.13 bits per heavy atom. The summed E-state index contributed by atoms with van der Waals surface area (Å²) in [5, 5.41) is 21.5. The van der Waals surface area contributed by atoms with Gasteiger partial charge in [0.1, 0.15) is 23.1 Å². The molecule has 0 radical (unpaired) electrons. The number of nitrogens with one attached hydrogen (secondary N) is 1. The van der Waals surface area contributed by atoms with Crippen LogP contribution in [0.25, 0.3) is 0 Å². The minimum Gasteiger partial charge on any atom is -0.454 e. The first-order valence-corrected chi connectivity index (χ1v) is 9.48. The molecular formula is C18H14BrN7O4. The standard InChI is InChI=1S/C18H14BrN7O4/c19-14-10-24(22-16(14)26(28)29)9-13-6-7-15(30-13)17(27)21-18-20-11-25(23-18)8-12-4-2-1-3-5-12/h1-7,10-11H,8-9H2,(H,21,23,27). The molecule has 0 atom stereocenters. The van der Waals surface area contributed by atoms with Crippen molar-refractivity contribution in [3.63, 3.8) is 0 Å². The lowest BCUT2D eigenvalue weighted by Crippen LogP contribution is -2.12. The highest BCUT2D eigenvalue weighted by atomic mass is 79.9. The first kappa shape index (κ1) is 19.5. The molecule has 0 bridgehead atoms. The van der Waals surface area contributed by atoms with Gasteiger partial charge in [-0.25, -0.2) is 9.67 Å². The second-order valence-corrected chi connectivity index (χ2v) is 7.08. The minimum atomic E-state index is -0.592. The SMILES string of the molecule is O=C(Nc1ncn(Cc2ccccc2)n1)c1ccc(Cn2cc(Br)c([N+](=O)[O-])n2)o1. The summed E-state index contributed by atoms with van der Waals surface area (Å²) in [5.41, 5.74) is 1.06. The van der Waals surface area contributed by atoms with Gasteiger partial charge >= 0.3 is 5.82 Å². The van der Waals surface area contributed by atoms with Crippen molar-refractivity contribution in [2.45, 2.75) is 13.1 Å². The fraction of sp³-hybridized carbons (Fsp3) is 0.111. The predicted octanol–water partition coefficient (Wildman–Crippen LogP) is 3.09. The highest BCUT2D eigenvalue weighted by Gasteiger charge is 2.20. The van der Waals surface area contributed by atoms with Crippen molar-refractivity contribution in [3.05, 3.63) is 86.7 Å². The third kappa shape index (κ3) is 4.43. The number of rotatable bonds is 7. The number of hydrogen-bond donors (Lipinski definition) is 1. The Balaban J connectivity index is 1.38. The minimum absolute atomic E-state index is 0.0603. The summed E-state index contributed by atoms with van der Waals surface area (Å²) in [6, 6.07) is 12.8. The molecule has 0 saturated heterocycles. The van der Waals surface area contributed by atoms with Crippen LogP contribution in [-0.4, -0.2) is 35.4 Å². The third-order valence-corrected chi connectivity index (χ3v) is 4.58. The molecular weight excluding hydrogens is 458 g/mol. The van der Waals surface area contributed by atoms with Crippen LogP contribution in [0.3, 0.4) is 0 Å². The van der Waals surface area contributed by atoms with Gasteiger partial charge in [-0.2, -0.15) is 4.68 Å². The molecule has 0 aliphatic carbocycles. The van der Waals surface area contributed by atoms with Crippen LogP contribution in [0.5, 0.6) is 0 Å². The molecule has 0 fully saturated rings. The molecule has 1 amide bonds. The van der Waals surface area contributed by atoms with E-state index in [9.17, 15) is 14.9 Å². The summed E-state index contributed by atoms with van der Waals surface area (Å²) in [7, 11) is 0. The smallest absolute Gasteiger partial charge is 0.404 e. The lowest BCUT2D eigenvalue weighted by Gasteiger charge is -2.00. The molecule has 3 heterocycles. The van der Waals surface area contributed by atoms with Gasteiger partial charge in [0.25, 0.3) is 5.91 Å². The van der Waals surface area contributed by atoms with Crippen LogP contribution in [0.4, 0.5) is 11.8 Å². The third-order valence-electron chi connectivity index (χ3n) is 4.02. The van der Waals surface area contributed by atoms with E-state index < -0.39 is 10.8 Å². The average Bonchev–Trinajstić information content (AvgIpc) is 3.44. The molecule has 0 aliphatic heterocycles. The van der Waals surface area contributed by atoms with Gasteiger partial charge in [0.15, 0.2) is 5.76 Å². The molecule has 12 heteroatoms. The molecule has 4 aromatic rings. The first-order chi connectivity index (χ1) is 14.5. The first-order valence-electron chi connectivity index (χ1n) is 8.69. The Bertz CT molecular complexity index is 1200. The molecule has 0 unspecified atom stereocenters. The zero-order valence-corrected chi connectivity index (χ0v) is 16.9. The van der Waals surface area contributed by atoms with E-state index in [1.165, 1.54) is 23.3 Å². The molecule has 3 aromatic heterocycles. The molecule has 11 nitrogen and oxygen atoms in total. The molecule has 4 rings (SSSR count). The molecule has 30 heavy (non-hydrogen) atoms. The normalized spacial score (nSPS) is 10.8. The largest absolute Gasteiger partial charge is 0.454 e. The summed E-state index contributed by atoms with van der Waals surface area (Å²) in [4.78, 5) is 26.7. The summed E-state index contributed by atoms with van der Waals surface area (Å²) >= 11 is 3.08. The second-order valence-electron chi connectivity index (χ2n) is 6.23. The summed E-state index contributed by atoms with van der Waals surface area (Å²) in [6.07, 6.45) is 2.99. The Kier molecular flexibility index (Phi) is 5.39. The van der Waals surface area contributed by atoms with E-state index >= 15 is 0 Å². The fourth-order valence-corrected chi connectivity index (χ4v) is 3.16. The number of carbonyl (C=O) groups is 1. The van der Waals surface area contributed by atoms with E-state index in [1.807, 2.05) is 30.3 Å². The molecule has 0 aliphatic rings. The lowest BCUT2D eigenvalue weighted by molar-refractivity contribution is -0.390. The molecule has 152 valence electrons. The van der Waals surface area contributed by atoms with Gasteiger partial charge in [0.05, 0.1) is 17.8 Å². The fourth-order valence-electron chi connectivity index (χ4n) is 2.70. The average molecular weight is 472 g/mol. The number of benzene rings is 1. The van der Waals surface area contributed by atoms with E-state index in [-0.39, 0.29) is 28.5 Å². The quantitative estimate of drug-likeness (QED) is 0.323. The van der Waals surface area contributed by atoms with Gasteiger partial charge in [-0.3, -0.25) is 10.1 Å². The van der Waals surface area contributed by atoms with Gasteiger partial charge in [0, 0.05) is 0 Å². The Labute approximate surface area is 177 Å². The van der Waals surface area contributed by atoms with Crippen LogP contribution in [0, 0.1) is 10.1 Å². The number of anilines is 1. The Morgan fingerprint density at radius 3 is 2.67 bits per heavy atom. The summed E-state index contributed by atoms with van der Waals surface area (Å²) in [6.45, 7) is 0.657. The van der Waals surface area contributed by atoms with Crippen LogP contribution in [-0.2, 0) is 13.1 Å². The van der Waals surface area contributed by atoms with E-state index in [0.717, 1.165) is 5.56 Å². The van der Waals surface area contributed by atoms with E-state index in [2.05, 4.69) is 36.4 Å². The van der Waals surface area contributed by atoms with Gasteiger partial charge in [-0.05, 0) is 38.5 Å². The van der Waals surface area contributed by atoms with Crippen molar-refractivity contribution in [2.75, 3.05) is 5.32 Å². The van der Waals surface area contributed by atoms with Crippen LogP contribution in [0.1, 0.15) is 21.9 Å². The molecule has 0 spiro atoms. The molecule has 1 aromatic carbocycles. The van der Waals surface area contributed by atoms with Gasteiger partial charge in [0.2, 0.25) is 5.95 Å². The van der Waals surface area contributed by atoms with Crippen LogP contribution in [0.2, 0.25) is 0 Å². The number of nitro groups is 1. The number of halogens is 1. The Morgan fingerprint density at radius 2 is 1.93 bits per heavy atom. The number of nitrogens with zero attached hydrogens (tertiary/aromatic N) is 6. The van der Waals surface area contributed by atoms with Crippen LogP contribution in [0.15, 0.2) is 63.9 Å². The maximum Gasteiger partial charge on any atom is 0.404 e. The van der Waals surface area contributed by atoms with Crippen molar-refractivity contribution in [1.29, 1.82) is 0 Å². The van der Waals surface area contributed by atoms with E-state index in [4.69, 9.17) is 4.42 Å². The Hall–Kier alpha value is -3.80. The predicted molar refractivity (Wildman–Crippen MR) is 108 cm³/mol. The monoisotopic (exact) mass is 471 g/mol. The van der Waals surface area contributed by atoms with E-state index in [1.54, 1.807) is 10.7 Å². The van der Waals surface area contributed by atoms with Crippen molar-refractivity contribution in [2.24, 2.45) is 0 Å². The van der Waals surface area contributed by atoms with Gasteiger partial charge < -0.3 is 14.5 Å². The number of furan rings is 1. The zero-order valence-electron chi connectivity index (χ0n) is 15.3. The number of amides is 1. The van der Waals surface area contributed by atoms with Crippen molar-refractivity contribution >= 4 is 33.6 Å². The summed E-state index contributed by atoms with van der Waals surface area (Å²) in [5.74, 6) is -0.179. The van der Waals surface area contributed by atoms with Gasteiger partial charge in [-0.1, -0.05) is 30.3 Å². The molecule has 1 N–H and O–H groups in total. The number of aromatic nitrogens is 5. The van der Waals surface area contributed by atoms with Crippen LogP contribution >= 0.6 is 15.9 Å². The van der Waals surface area contributed by atoms with E-state index in [0.29, 0.717) is 12.3 Å². The maximum atomic E-state index is 12.4. The topological polar surface area (TPSA) is 134 Å². The zero-order chi connectivity index (χ0) is 21.1. The highest BCUT2D eigenvalue weighted by molar-refractivity contribution is 9.10. The lowest BCUT2D eigenvalue weighted by atomic mass is 10.2. The second kappa shape index (κ2) is 8.29. The molecule has 0 saturated carbocycles. The van der Waals surface area contributed by atoms with Crippen molar-refractivity contribution in [1.82, 2.24) is 24.5 Å². The maximum absolute atomic E-state index is 12.4. The van der Waals surface area contributed by atoms with Crippen molar-refractivity contribution in [3.8, 4) is 0 Å². The van der Waals surface area contributed by atoms with Crippen molar-refractivity contribution < 1.29 is 14.1 Å². The summed E-state index contributed by atoms with van der Waals surface area (Å²) < 4.78 is 8.73. The van der Waals surface area contributed by atoms with Gasteiger partial charge in [-0.15, -0.1) is 5.10 Å².